The topological polar surface area (TPSA) is 61.8 Å². The Labute approximate surface area is 76.3 Å². The summed E-state index contributed by atoms with van der Waals surface area (Å²) in [7, 11) is 3.81. The van der Waals surface area contributed by atoms with Crippen molar-refractivity contribution >= 4 is 11.9 Å². The largest absolute Gasteiger partial charge is 0.490 e. The lowest BCUT2D eigenvalue weighted by Crippen LogP contribution is -2.08. The van der Waals surface area contributed by atoms with Crippen LogP contribution in [-0.2, 0) is 23.8 Å². The van der Waals surface area contributed by atoms with Gasteiger partial charge in [-0.05, 0) is 6.08 Å². The van der Waals surface area contributed by atoms with Gasteiger partial charge in [-0.2, -0.15) is 0 Å². The smallest absolute Gasteiger partial charge is 0.372 e. The fourth-order valence-corrected chi connectivity index (χ4v) is 0.610. The van der Waals surface area contributed by atoms with Crippen LogP contribution in [-0.4, -0.2) is 33.3 Å². The minimum atomic E-state index is -0.619. The fraction of sp³-hybridized carbons (Fsp3) is 0.500. The summed E-state index contributed by atoms with van der Waals surface area (Å²) in [6, 6.07) is 0. The van der Waals surface area contributed by atoms with Gasteiger partial charge in [0.15, 0.2) is 0 Å². The highest BCUT2D eigenvalue weighted by Crippen LogP contribution is 2.00. The van der Waals surface area contributed by atoms with Crippen molar-refractivity contribution in [3.63, 3.8) is 0 Å². The SMILES string of the molecule is COC(=O)C/C=C(\OC)C(=O)OC. The molecule has 0 bridgehead atoms. The Kier molecular flexibility index (Phi) is 5.34. The van der Waals surface area contributed by atoms with Crippen LogP contribution in [0.1, 0.15) is 6.42 Å². The van der Waals surface area contributed by atoms with Crippen molar-refractivity contribution in [1.82, 2.24) is 0 Å². The third-order valence-electron chi connectivity index (χ3n) is 1.29. The quantitative estimate of drug-likeness (QED) is 0.359. The van der Waals surface area contributed by atoms with Crippen molar-refractivity contribution in [3.8, 4) is 0 Å². The number of hydrogen-bond donors (Lipinski definition) is 0. The van der Waals surface area contributed by atoms with Gasteiger partial charge < -0.3 is 14.2 Å². The third-order valence-corrected chi connectivity index (χ3v) is 1.29. The number of ether oxygens (including phenoxy) is 3. The van der Waals surface area contributed by atoms with Gasteiger partial charge in [0.25, 0.3) is 0 Å². The van der Waals surface area contributed by atoms with Crippen LogP contribution in [0.15, 0.2) is 11.8 Å². The molecular weight excluding hydrogens is 176 g/mol. The molecular formula is C8H12O5. The maximum atomic E-state index is 10.9. The number of carbonyl (C=O) groups is 2. The van der Waals surface area contributed by atoms with Crippen LogP contribution in [0.3, 0.4) is 0 Å². The molecule has 0 aliphatic rings. The molecule has 0 aromatic carbocycles. The summed E-state index contributed by atoms with van der Waals surface area (Å²) >= 11 is 0. The van der Waals surface area contributed by atoms with Gasteiger partial charge >= 0.3 is 11.9 Å². The number of rotatable bonds is 4. The summed E-state index contributed by atoms with van der Waals surface area (Å²) in [6.07, 6.45) is 1.28. The second-order valence-corrected chi connectivity index (χ2v) is 2.04. The Morgan fingerprint density at radius 3 is 2.08 bits per heavy atom. The summed E-state index contributed by atoms with van der Waals surface area (Å²) in [5.41, 5.74) is 0. The lowest BCUT2D eigenvalue weighted by atomic mass is 10.3. The summed E-state index contributed by atoms with van der Waals surface area (Å²) < 4.78 is 13.4. The number of methoxy groups -OCH3 is 3. The van der Waals surface area contributed by atoms with E-state index < -0.39 is 11.9 Å². The fourth-order valence-electron chi connectivity index (χ4n) is 0.610. The molecule has 0 heterocycles. The zero-order valence-electron chi connectivity index (χ0n) is 7.83. The molecule has 0 N–H and O–H groups in total. The average Bonchev–Trinajstić information content (AvgIpc) is 2.17. The molecule has 0 radical (unpaired) electrons. The summed E-state index contributed by atoms with van der Waals surface area (Å²) in [5.74, 6) is -1.07. The molecule has 0 fully saturated rings. The first-order valence-corrected chi connectivity index (χ1v) is 3.55. The molecule has 0 spiro atoms. The number of hydrogen-bond acceptors (Lipinski definition) is 5. The highest BCUT2D eigenvalue weighted by molar-refractivity contribution is 5.87. The van der Waals surface area contributed by atoms with Crippen molar-refractivity contribution in [2.75, 3.05) is 21.3 Å². The van der Waals surface area contributed by atoms with Crippen LogP contribution < -0.4 is 0 Å². The number of esters is 2. The molecule has 0 aromatic heterocycles. The Bertz CT molecular complexity index is 219. The van der Waals surface area contributed by atoms with Crippen LogP contribution >= 0.6 is 0 Å². The normalized spacial score (nSPS) is 10.5. The second kappa shape index (κ2) is 6.05. The van der Waals surface area contributed by atoms with Gasteiger partial charge in [0, 0.05) is 0 Å². The molecule has 0 aromatic rings. The van der Waals surface area contributed by atoms with E-state index in [0.29, 0.717) is 0 Å². The van der Waals surface area contributed by atoms with Crippen molar-refractivity contribution in [3.05, 3.63) is 11.8 Å². The van der Waals surface area contributed by atoms with Gasteiger partial charge in [-0.15, -0.1) is 0 Å². The molecule has 0 aliphatic heterocycles. The van der Waals surface area contributed by atoms with E-state index in [4.69, 9.17) is 0 Å². The summed E-state index contributed by atoms with van der Waals surface area (Å²) in [5, 5.41) is 0. The zero-order chi connectivity index (χ0) is 10.3. The Hall–Kier alpha value is -1.52. The molecule has 0 rings (SSSR count). The Morgan fingerprint density at radius 1 is 1.08 bits per heavy atom. The lowest BCUT2D eigenvalue weighted by Gasteiger charge is -2.02. The molecule has 0 saturated carbocycles. The first-order valence-electron chi connectivity index (χ1n) is 3.55. The summed E-state index contributed by atoms with van der Waals surface area (Å²) in [6.45, 7) is 0. The van der Waals surface area contributed by atoms with Crippen molar-refractivity contribution in [2.45, 2.75) is 6.42 Å². The van der Waals surface area contributed by atoms with E-state index in [1.165, 1.54) is 27.4 Å². The van der Waals surface area contributed by atoms with Gasteiger partial charge in [-0.25, -0.2) is 4.79 Å². The van der Waals surface area contributed by atoms with Crippen LogP contribution in [0.5, 0.6) is 0 Å². The molecule has 0 aliphatic carbocycles. The molecule has 0 atom stereocenters. The molecule has 5 nitrogen and oxygen atoms in total. The highest BCUT2D eigenvalue weighted by atomic mass is 16.6. The standard InChI is InChI=1S/C8H12O5/c1-11-6(8(10)13-3)4-5-7(9)12-2/h4H,5H2,1-3H3/b6-4-. The van der Waals surface area contributed by atoms with Crippen LogP contribution in [0.25, 0.3) is 0 Å². The van der Waals surface area contributed by atoms with E-state index in [2.05, 4.69) is 14.2 Å². The molecule has 13 heavy (non-hydrogen) atoms. The van der Waals surface area contributed by atoms with Gasteiger partial charge in [0.05, 0.1) is 27.8 Å². The van der Waals surface area contributed by atoms with E-state index in [1.807, 2.05) is 0 Å². The second-order valence-electron chi connectivity index (χ2n) is 2.04. The van der Waals surface area contributed by atoms with Crippen molar-refractivity contribution < 1.29 is 23.8 Å². The van der Waals surface area contributed by atoms with Gasteiger partial charge in [-0.1, -0.05) is 0 Å². The van der Waals surface area contributed by atoms with Gasteiger partial charge in [0.2, 0.25) is 5.76 Å². The maximum Gasteiger partial charge on any atom is 0.372 e. The van der Waals surface area contributed by atoms with E-state index in [0.717, 1.165) is 0 Å². The lowest BCUT2D eigenvalue weighted by molar-refractivity contribution is -0.139. The van der Waals surface area contributed by atoms with E-state index in [1.54, 1.807) is 0 Å². The average molecular weight is 188 g/mol. The van der Waals surface area contributed by atoms with Crippen molar-refractivity contribution in [1.29, 1.82) is 0 Å². The maximum absolute atomic E-state index is 10.9. The predicted molar refractivity (Wildman–Crippen MR) is 43.7 cm³/mol. The molecule has 74 valence electrons. The van der Waals surface area contributed by atoms with E-state index in [-0.39, 0.29) is 12.2 Å². The zero-order valence-corrected chi connectivity index (χ0v) is 7.83. The summed E-state index contributed by atoms with van der Waals surface area (Å²) in [4.78, 5) is 21.5. The van der Waals surface area contributed by atoms with Gasteiger partial charge in [-0.3, -0.25) is 4.79 Å². The third kappa shape index (κ3) is 4.15. The minimum absolute atomic E-state index is 0.00657. The molecule has 0 unspecified atom stereocenters. The monoisotopic (exact) mass is 188 g/mol. The molecule has 0 amide bonds. The van der Waals surface area contributed by atoms with Crippen molar-refractivity contribution in [2.24, 2.45) is 0 Å². The highest BCUT2D eigenvalue weighted by Gasteiger charge is 2.09. The van der Waals surface area contributed by atoms with E-state index >= 15 is 0 Å². The van der Waals surface area contributed by atoms with Crippen LogP contribution in [0.2, 0.25) is 0 Å². The van der Waals surface area contributed by atoms with Gasteiger partial charge in [0.1, 0.15) is 0 Å². The first-order chi connectivity index (χ1) is 6.15. The predicted octanol–water partition coefficient (Wildman–Crippen LogP) is 0.253. The Balaban J connectivity index is 4.22. The van der Waals surface area contributed by atoms with Crippen LogP contribution in [0, 0.1) is 0 Å². The first kappa shape index (κ1) is 11.5. The van der Waals surface area contributed by atoms with Crippen LogP contribution in [0.4, 0.5) is 0 Å². The molecule has 0 saturated heterocycles. The Morgan fingerprint density at radius 2 is 1.69 bits per heavy atom. The number of carbonyl (C=O) groups excluding carboxylic acids is 2. The molecule has 5 heteroatoms. The van der Waals surface area contributed by atoms with E-state index in [9.17, 15) is 9.59 Å². The minimum Gasteiger partial charge on any atom is -0.490 e.